The first-order valence-corrected chi connectivity index (χ1v) is 9.84. The van der Waals surface area contributed by atoms with Crippen LogP contribution in [0.2, 0.25) is 0 Å². The SMILES string of the molecule is COCCCN1C(=O)COc2cc3c(cc21)CCN(C(=O)OC(C)(C)C)CC3. The van der Waals surface area contributed by atoms with Crippen molar-refractivity contribution in [3.05, 3.63) is 23.3 Å². The maximum absolute atomic E-state index is 12.4. The molecule has 3 rings (SSSR count). The number of carbonyl (C=O) groups excluding carboxylic acids is 2. The molecule has 2 amide bonds. The van der Waals surface area contributed by atoms with Gasteiger partial charge < -0.3 is 24.0 Å². The van der Waals surface area contributed by atoms with Crippen LogP contribution in [-0.2, 0) is 27.1 Å². The lowest BCUT2D eigenvalue weighted by molar-refractivity contribution is -0.121. The van der Waals surface area contributed by atoms with E-state index in [4.69, 9.17) is 14.2 Å². The Labute approximate surface area is 166 Å². The average Bonchev–Trinajstić information content (AvgIpc) is 2.83. The molecule has 0 saturated carbocycles. The van der Waals surface area contributed by atoms with Gasteiger partial charge in [-0.3, -0.25) is 4.79 Å². The lowest BCUT2D eigenvalue weighted by Gasteiger charge is -2.30. The van der Waals surface area contributed by atoms with E-state index < -0.39 is 5.60 Å². The smallest absolute Gasteiger partial charge is 0.410 e. The summed E-state index contributed by atoms with van der Waals surface area (Å²) in [5, 5.41) is 0. The van der Waals surface area contributed by atoms with Gasteiger partial charge in [-0.05, 0) is 63.3 Å². The minimum absolute atomic E-state index is 0.0347. The number of hydrogen-bond acceptors (Lipinski definition) is 5. The van der Waals surface area contributed by atoms with Crippen LogP contribution in [0.3, 0.4) is 0 Å². The number of fused-ring (bicyclic) bond motifs is 2. The predicted octanol–water partition coefficient (Wildman–Crippen LogP) is 2.78. The van der Waals surface area contributed by atoms with E-state index in [2.05, 4.69) is 0 Å². The molecule has 2 heterocycles. The van der Waals surface area contributed by atoms with Crippen molar-refractivity contribution in [2.45, 2.75) is 45.6 Å². The zero-order valence-corrected chi connectivity index (χ0v) is 17.2. The molecule has 0 radical (unpaired) electrons. The number of hydrogen-bond donors (Lipinski definition) is 0. The molecule has 28 heavy (non-hydrogen) atoms. The van der Waals surface area contributed by atoms with Gasteiger partial charge in [0, 0.05) is 33.4 Å². The van der Waals surface area contributed by atoms with E-state index in [1.54, 1.807) is 16.9 Å². The molecule has 0 aromatic heterocycles. The topological polar surface area (TPSA) is 68.3 Å². The van der Waals surface area contributed by atoms with Crippen LogP contribution in [-0.4, -0.2) is 62.5 Å². The van der Waals surface area contributed by atoms with E-state index >= 15 is 0 Å². The Morgan fingerprint density at radius 1 is 1.18 bits per heavy atom. The Kier molecular flexibility index (Phi) is 6.13. The van der Waals surface area contributed by atoms with Gasteiger partial charge in [0.2, 0.25) is 0 Å². The second-order valence-electron chi connectivity index (χ2n) is 8.24. The second kappa shape index (κ2) is 8.39. The van der Waals surface area contributed by atoms with Crippen molar-refractivity contribution in [2.75, 3.05) is 44.9 Å². The number of rotatable bonds is 4. The molecule has 0 fully saturated rings. The third-order valence-electron chi connectivity index (χ3n) is 4.91. The number of ether oxygens (including phenoxy) is 3. The molecule has 1 aromatic rings. The normalized spacial score (nSPS) is 16.8. The maximum atomic E-state index is 12.4. The number of benzene rings is 1. The van der Waals surface area contributed by atoms with Gasteiger partial charge in [-0.1, -0.05) is 0 Å². The zero-order valence-electron chi connectivity index (χ0n) is 17.2. The molecule has 2 aliphatic rings. The van der Waals surface area contributed by atoms with Crippen LogP contribution in [0.4, 0.5) is 10.5 Å². The van der Waals surface area contributed by atoms with E-state index in [1.807, 2.05) is 32.9 Å². The summed E-state index contributed by atoms with van der Waals surface area (Å²) in [5.74, 6) is 0.703. The minimum Gasteiger partial charge on any atom is -0.482 e. The van der Waals surface area contributed by atoms with Gasteiger partial charge in [0.25, 0.3) is 5.91 Å². The van der Waals surface area contributed by atoms with E-state index in [9.17, 15) is 9.59 Å². The average molecular weight is 390 g/mol. The van der Waals surface area contributed by atoms with Crippen molar-refractivity contribution in [3.8, 4) is 5.75 Å². The van der Waals surface area contributed by atoms with Crippen LogP contribution in [0.5, 0.6) is 5.75 Å². The molecule has 7 heteroatoms. The van der Waals surface area contributed by atoms with Crippen LogP contribution in [0.1, 0.15) is 38.3 Å². The minimum atomic E-state index is -0.508. The molecular formula is C21H30N2O5. The fourth-order valence-corrected chi connectivity index (χ4v) is 3.54. The van der Waals surface area contributed by atoms with Gasteiger partial charge in [0.05, 0.1) is 5.69 Å². The first-order valence-electron chi connectivity index (χ1n) is 9.84. The highest BCUT2D eigenvalue weighted by Crippen LogP contribution is 2.36. The van der Waals surface area contributed by atoms with Crippen LogP contribution in [0.15, 0.2) is 12.1 Å². The molecule has 154 valence electrons. The molecular weight excluding hydrogens is 360 g/mol. The van der Waals surface area contributed by atoms with Crippen LogP contribution < -0.4 is 9.64 Å². The lowest BCUT2D eigenvalue weighted by atomic mass is 10.0. The van der Waals surface area contributed by atoms with E-state index in [0.29, 0.717) is 26.2 Å². The van der Waals surface area contributed by atoms with Crippen LogP contribution in [0.25, 0.3) is 0 Å². The molecule has 0 saturated heterocycles. The largest absolute Gasteiger partial charge is 0.482 e. The van der Waals surface area contributed by atoms with E-state index in [-0.39, 0.29) is 18.6 Å². The van der Waals surface area contributed by atoms with Gasteiger partial charge in [0.1, 0.15) is 11.4 Å². The van der Waals surface area contributed by atoms with Gasteiger partial charge >= 0.3 is 6.09 Å². The number of nitrogens with zero attached hydrogens (tertiary/aromatic N) is 2. The third kappa shape index (κ3) is 4.76. The van der Waals surface area contributed by atoms with Gasteiger partial charge in [-0.2, -0.15) is 0 Å². The molecule has 0 aliphatic carbocycles. The van der Waals surface area contributed by atoms with E-state index in [0.717, 1.165) is 41.8 Å². The Morgan fingerprint density at radius 2 is 1.86 bits per heavy atom. The summed E-state index contributed by atoms with van der Waals surface area (Å²) in [4.78, 5) is 28.3. The molecule has 1 aromatic carbocycles. The maximum Gasteiger partial charge on any atom is 0.410 e. The van der Waals surface area contributed by atoms with E-state index in [1.165, 1.54) is 0 Å². The molecule has 0 unspecified atom stereocenters. The van der Waals surface area contributed by atoms with Crippen LogP contribution in [0, 0.1) is 0 Å². The highest BCUT2D eigenvalue weighted by Gasteiger charge is 2.29. The molecule has 2 aliphatic heterocycles. The van der Waals surface area contributed by atoms with Crippen molar-refractivity contribution in [3.63, 3.8) is 0 Å². The van der Waals surface area contributed by atoms with Gasteiger partial charge in [0.15, 0.2) is 6.61 Å². The first-order chi connectivity index (χ1) is 13.3. The van der Waals surface area contributed by atoms with Gasteiger partial charge in [-0.15, -0.1) is 0 Å². The first kappa shape index (κ1) is 20.5. The molecule has 7 nitrogen and oxygen atoms in total. The lowest BCUT2D eigenvalue weighted by Crippen LogP contribution is -2.39. The van der Waals surface area contributed by atoms with Gasteiger partial charge in [-0.25, -0.2) is 4.79 Å². The number of anilines is 1. The van der Waals surface area contributed by atoms with Crippen molar-refractivity contribution < 1.29 is 23.8 Å². The molecule has 0 bridgehead atoms. The Bertz CT molecular complexity index is 741. The number of amides is 2. The summed E-state index contributed by atoms with van der Waals surface area (Å²) in [6, 6.07) is 4.08. The number of methoxy groups -OCH3 is 1. The zero-order chi connectivity index (χ0) is 20.3. The van der Waals surface area contributed by atoms with Crippen molar-refractivity contribution in [1.82, 2.24) is 4.90 Å². The third-order valence-corrected chi connectivity index (χ3v) is 4.91. The highest BCUT2D eigenvalue weighted by molar-refractivity contribution is 5.98. The van der Waals surface area contributed by atoms with Crippen molar-refractivity contribution >= 4 is 17.7 Å². The standard InChI is InChI=1S/C21H30N2O5/c1-21(2,3)28-20(25)22-9-6-15-12-17-18(13-16(15)7-10-22)27-14-19(24)23(17)8-5-11-26-4/h12-13H,5-11,14H2,1-4H3. The Balaban J connectivity index is 1.77. The summed E-state index contributed by atoms with van der Waals surface area (Å²) in [7, 11) is 1.66. The number of carbonyl (C=O) groups is 2. The molecule has 0 N–H and O–H groups in total. The second-order valence-corrected chi connectivity index (χ2v) is 8.24. The van der Waals surface area contributed by atoms with Crippen molar-refractivity contribution in [2.24, 2.45) is 0 Å². The van der Waals surface area contributed by atoms with Crippen molar-refractivity contribution in [1.29, 1.82) is 0 Å². The summed E-state index contributed by atoms with van der Waals surface area (Å²) in [5.41, 5.74) is 2.62. The predicted molar refractivity (Wildman–Crippen MR) is 106 cm³/mol. The summed E-state index contributed by atoms with van der Waals surface area (Å²) >= 11 is 0. The summed E-state index contributed by atoms with van der Waals surface area (Å²) in [6.07, 6.45) is 1.95. The molecule has 0 atom stereocenters. The summed E-state index contributed by atoms with van der Waals surface area (Å²) in [6.45, 7) is 8.09. The Hall–Kier alpha value is -2.28. The van der Waals surface area contributed by atoms with Crippen LogP contribution >= 0.6 is 0 Å². The Morgan fingerprint density at radius 3 is 2.50 bits per heavy atom. The quantitative estimate of drug-likeness (QED) is 0.740. The fourth-order valence-electron chi connectivity index (χ4n) is 3.54. The highest BCUT2D eigenvalue weighted by atomic mass is 16.6. The fraction of sp³-hybridized carbons (Fsp3) is 0.619. The summed E-state index contributed by atoms with van der Waals surface area (Å²) < 4.78 is 16.3. The molecule has 0 spiro atoms. The monoisotopic (exact) mass is 390 g/mol.